The highest BCUT2D eigenvalue weighted by atomic mass is 16.5. The topological polar surface area (TPSA) is 73.1 Å². The number of anilines is 3. The summed E-state index contributed by atoms with van der Waals surface area (Å²) in [6.07, 6.45) is 0. The minimum absolute atomic E-state index is 0.441. The number of nitrogen functional groups attached to an aromatic ring is 1. The number of hydrogen-bond acceptors (Lipinski definition) is 5. The molecule has 3 N–H and O–H groups in total. The van der Waals surface area contributed by atoms with Crippen LogP contribution in [-0.4, -0.2) is 17.1 Å². The molecule has 5 heteroatoms. The Kier molecular flexibility index (Phi) is 3.32. The monoisotopic (exact) mass is 244 g/mol. The molecule has 0 unspecified atom stereocenters. The molecule has 94 valence electrons. The molecule has 5 nitrogen and oxygen atoms in total. The number of aromatic nitrogens is 2. The fourth-order valence-electron chi connectivity index (χ4n) is 1.71. The smallest absolute Gasteiger partial charge is 0.142 e. The number of nitrogens with one attached hydrogen (secondary N) is 1. The Bertz CT molecular complexity index is 549. The van der Waals surface area contributed by atoms with Gasteiger partial charge in [-0.3, -0.25) is 0 Å². The number of methoxy groups -OCH3 is 1. The Morgan fingerprint density at radius 2 is 1.94 bits per heavy atom. The lowest BCUT2D eigenvalue weighted by Gasteiger charge is -2.12. The first-order valence-corrected chi connectivity index (χ1v) is 5.61. The lowest BCUT2D eigenvalue weighted by molar-refractivity contribution is 0.416. The van der Waals surface area contributed by atoms with Crippen LogP contribution in [0.15, 0.2) is 24.3 Å². The third kappa shape index (κ3) is 2.68. The first-order chi connectivity index (χ1) is 8.58. The molecule has 0 amide bonds. The van der Waals surface area contributed by atoms with Crippen molar-refractivity contribution in [1.82, 2.24) is 9.97 Å². The standard InChI is InChI=1S/C13H16N4O/c1-8-4-5-11(18-3)10(6-8)17-13-7-12(14)15-9(2)16-13/h4-7H,1-3H3,(H3,14,15,16,17). The molecule has 0 atom stereocenters. The number of ether oxygens (including phenoxy) is 1. The predicted molar refractivity (Wildman–Crippen MR) is 72.2 cm³/mol. The maximum absolute atomic E-state index is 5.69. The molecule has 1 heterocycles. The van der Waals surface area contributed by atoms with Crippen LogP contribution in [0.2, 0.25) is 0 Å². The van der Waals surface area contributed by atoms with Crippen LogP contribution in [0.1, 0.15) is 11.4 Å². The number of nitrogens with two attached hydrogens (primary N) is 1. The SMILES string of the molecule is COc1ccc(C)cc1Nc1cc(N)nc(C)n1. The Morgan fingerprint density at radius 1 is 1.17 bits per heavy atom. The van der Waals surface area contributed by atoms with Crippen LogP contribution < -0.4 is 15.8 Å². The van der Waals surface area contributed by atoms with Crippen molar-refractivity contribution < 1.29 is 4.74 Å². The minimum Gasteiger partial charge on any atom is -0.495 e. The zero-order chi connectivity index (χ0) is 13.1. The molecule has 2 rings (SSSR count). The van der Waals surface area contributed by atoms with Crippen LogP contribution in [0.4, 0.5) is 17.3 Å². The number of rotatable bonds is 3. The molecular weight excluding hydrogens is 228 g/mol. The Morgan fingerprint density at radius 3 is 2.61 bits per heavy atom. The molecule has 0 spiro atoms. The van der Waals surface area contributed by atoms with Gasteiger partial charge >= 0.3 is 0 Å². The van der Waals surface area contributed by atoms with E-state index in [4.69, 9.17) is 10.5 Å². The van der Waals surface area contributed by atoms with E-state index >= 15 is 0 Å². The van der Waals surface area contributed by atoms with Gasteiger partial charge in [-0.15, -0.1) is 0 Å². The van der Waals surface area contributed by atoms with Gasteiger partial charge in [0, 0.05) is 6.07 Å². The van der Waals surface area contributed by atoms with Gasteiger partial charge in [0.05, 0.1) is 12.8 Å². The van der Waals surface area contributed by atoms with E-state index in [9.17, 15) is 0 Å². The van der Waals surface area contributed by atoms with Crippen molar-refractivity contribution in [2.45, 2.75) is 13.8 Å². The molecule has 0 fully saturated rings. The van der Waals surface area contributed by atoms with E-state index in [0.717, 1.165) is 17.0 Å². The number of hydrogen-bond donors (Lipinski definition) is 2. The lowest BCUT2D eigenvalue weighted by Crippen LogP contribution is -2.02. The third-order valence-electron chi connectivity index (χ3n) is 2.48. The van der Waals surface area contributed by atoms with Crippen molar-refractivity contribution in [3.05, 3.63) is 35.7 Å². The molecule has 0 bridgehead atoms. The summed E-state index contributed by atoms with van der Waals surface area (Å²) in [5, 5.41) is 3.19. The fraction of sp³-hybridized carbons (Fsp3) is 0.231. The normalized spacial score (nSPS) is 10.2. The van der Waals surface area contributed by atoms with Gasteiger partial charge in [0.25, 0.3) is 0 Å². The summed E-state index contributed by atoms with van der Waals surface area (Å²) in [5.74, 6) is 2.49. The lowest BCUT2D eigenvalue weighted by atomic mass is 10.2. The van der Waals surface area contributed by atoms with E-state index in [2.05, 4.69) is 15.3 Å². The summed E-state index contributed by atoms with van der Waals surface area (Å²) in [5.41, 5.74) is 7.68. The number of nitrogens with zero attached hydrogens (tertiary/aromatic N) is 2. The highest BCUT2D eigenvalue weighted by molar-refractivity contribution is 5.66. The zero-order valence-electron chi connectivity index (χ0n) is 10.7. The predicted octanol–water partition coefficient (Wildman–Crippen LogP) is 2.43. The highest BCUT2D eigenvalue weighted by Gasteiger charge is 2.05. The van der Waals surface area contributed by atoms with Gasteiger partial charge in [-0.1, -0.05) is 6.07 Å². The molecular formula is C13H16N4O. The second-order valence-electron chi connectivity index (χ2n) is 4.05. The van der Waals surface area contributed by atoms with E-state index in [1.807, 2.05) is 25.1 Å². The van der Waals surface area contributed by atoms with Crippen molar-refractivity contribution >= 4 is 17.3 Å². The Balaban J connectivity index is 2.35. The van der Waals surface area contributed by atoms with Crippen molar-refractivity contribution in [1.29, 1.82) is 0 Å². The largest absolute Gasteiger partial charge is 0.495 e. The van der Waals surface area contributed by atoms with Crippen LogP contribution in [0.5, 0.6) is 5.75 Å². The quantitative estimate of drug-likeness (QED) is 0.867. The summed E-state index contributed by atoms with van der Waals surface area (Å²) in [6.45, 7) is 3.82. The summed E-state index contributed by atoms with van der Waals surface area (Å²) in [7, 11) is 1.63. The maximum atomic E-state index is 5.69. The average Bonchev–Trinajstić information content (AvgIpc) is 2.27. The van der Waals surface area contributed by atoms with Crippen LogP contribution in [0.3, 0.4) is 0 Å². The summed E-state index contributed by atoms with van der Waals surface area (Å²) in [6, 6.07) is 7.58. The molecule has 0 aliphatic heterocycles. The Hall–Kier alpha value is -2.30. The van der Waals surface area contributed by atoms with Crippen molar-refractivity contribution in [3.63, 3.8) is 0 Å². The molecule has 1 aromatic heterocycles. The minimum atomic E-state index is 0.441. The fourth-order valence-corrected chi connectivity index (χ4v) is 1.71. The van der Waals surface area contributed by atoms with E-state index in [1.165, 1.54) is 0 Å². The van der Waals surface area contributed by atoms with Crippen LogP contribution >= 0.6 is 0 Å². The van der Waals surface area contributed by atoms with E-state index in [0.29, 0.717) is 17.5 Å². The van der Waals surface area contributed by atoms with Gasteiger partial charge in [0.15, 0.2) is 0 Å². The van der Waals surface area contributed by atoms with Crippen molar-refractivity contribution in [2.24, 2.45) is 0 Å². The average molecular weight is 244 g/mol. The molecule has 0 radical (unpaired) electrons. The number of aryl methyl sites for hydroxylation is 2. The third-order valence-corrected chi connectivity index (χ3v) is 2.48. The molecule has 0 aliphatic carbocycles. The second-order valence-corrected chi connectivity index (χ2v) is 4.05. The van der Waals surface area contributed by atoms with Crippen LogP contribution in [0.25, 0.3) is 0 Å². The Labute approximate surface area is 106 Å². The van der Waals surface area contributed by atoms with Crippen molar-refractivity contribution in [3.8, 4) is 5.75 Å². The van der Waals surface area contributed by atoms with E-state index < -0.39 is 0 Å². The van der Waals surface area contributed by atoms with Gasteiger partial charge in [-0.05, 0) is 31.5 Å². The summed E-state index contributed by atoms with van der Waals surface area (Å²) < 4.78 is 5.30. The van der Waals surface area contributed by atoms with Gasteiger partial charge < -0.3 is 15.8 Å². The summed E-state index contributed by atoms with van der Waals surface area (Å²) >= 11 is 0. The first kappa shape index (κ1) is 12.2. The zero-order valence-corrected chi connectivity index (χ0v) is 10.7. The molecule has 1 aromatic carbocycles. The van der Waals surface area contributed by atoms with E-state index in [-0.39, 0.29) is 0 Å². The van der Waals surface area contributed by atoms with Crippen LogP contribution in [0, 0.1) is 13.8 Å². The maximum Gasteiger partial charge on any atom is 0.142 e. The molecule has 0 aliphatic rings. The molecule has 0 saturated heterocycles. The summed E-state index contributed by atoms with van der Waals surface area (Å²) in [4.78, 5) is 8.31. The molecule has 2 aromatic rings. The number of benzene rings is 1. The highest BCUT2D eigenvalue weighted by Crippen LogP contribution is 2.28. The first-order valence-electron chi connectivity index (χ1n) is 5.61. The van der Waals surface area contributed by atoms with Crippen molar-refractivity contribution in [2.75, 3.05) is 18.2 Å². The van der Waals surface area contributed by atoms with Gasteiger partial charge in [-0.25, -0.2) is 9.97 Å². The van der Waals surface area contributed by atoms with Gasteiger partial charge in [0.1, 0.15) is 23.2 Å². The second kappa shape index (κ2) is 4.91. The van der Waals surface area contributed by atoms with Gasteiger partial charge in [-0.2, -0.15) is 0 Å². The molecule has 18 heavy (non-hydrogen) atoms. The van der Waals surface area contributed by atoms with Gasteiger partial charge in [0.2, 0.25) is 0 Å². The molecule has 0 saturated carbocycles. The van der Waals surface area contributed by atoms with Crippen LogP contribution in [-0.2, 0) is 0 Å². The van der Waals surface area contributed by atoms with E-state index in [1.54, 1.807) is 20.1 Å².